The molecule has 8 aromatic carbocycles. The fourth-order valence-electron chi connectivity index (χ4n) is 9.91. The summed E-state index contributed by atoms with van der Waals surface area (Å²) in [6.07, 6.45) is 0. The molecule has 0 saturated carbocycles. The SMILES string of the molecule is CC1(C)c2ccccc2-c2c1c1c(c3ccccc3n1-c1ccc(-c3cc(-c4ccccc4)nc(-c4ccccc4)n3)cc1)c1c3ccccc3n(-c3ccccc3)c21. The van der Waals surface area contributed by atoms with Crippen LogP contribution in [0.5, 0.6) is 0 Å². The molecule has 3 aromatic heterocycles. The number of aromatic nitrogens is 4. The summed E-state index contributed by atoms with van der Waals surface area (Å²) >= 11 is 0. The summed E-state index contributed by atoms with van der Waals surface area (Å²) in [5.41, 5.74) is 17.1. The first-order valence-corrected chi connectivity index (χ1v) is 20.3. The molecule has 4 nitrogen and oxygen atoms in total. The summed E-state index contributed by atoms with van der Waals surface area (Å²) in [4.78, 5) is 10.2. The van der Waals surface area contributed by atoms with Crippen LogP contribution in [0.15, 0.2) is 194 Å². The number of para-hydroxylation sites is 3. The summed E-state index contributed by atoms with van der Waals surface area (Å²) in [5.74, 6) is 0.712. The van der Waals surface area contributed by atoms with Gasteiger partial charge in [-0.2, -0.15) is 0 Å². The summed E-state index contributed by atoms with van der Waals surface area (Å²) < 4.78 is 5.04. The fourth-order valence-corrected chi connectivity index (χ4v) is 9.91. The average molecular weight is 755 g/mol. The molecule has 0 radical (unpaired) electrons. The van der Waals surface area contributed by atoms with E-state index in [1.54, 1.807) is 0 Å². The Morgan fingerprint density at radius 2 is 0.898 bits per heavy atom. The minimum atomic E-state index is -0.273. The van der Waals surface area contributed by atoms with E-state index in [9.17, 15) is 0 Å². The standard InChI is InChI=1S/C55H38N4/c1-55(2)43-27-15-12-24-40(43)50-51(55)53-49(48-41-25-13-16-28-46(41)58(52(48)50)38-22-10-5-11-23-38)42-26-14-17-29-47(42)59(53)39-32-30-36(31-33-39)45-34-44(35-18-6-3-7-19-35)56-54(57-45)37-20-8-4-9-21-37/h3-34H,1-2H3. The molecular weight excluding hydrogens is 717 g/mol. The average Bonchev–Trinajstić information content (AvgIpc) is 3.90. The van der Waals surface area contributed by atoms with Gasteiger partial charge in [0, 0.05) is 60.6 Å². The Labute approximate surface area is 342 Å². The molecule has 3 heterocycles. The molecule has 0 unspecified atom stereocenters. The van der Waals surface area contributed by atoms with E-state index in [1.165, 1.54) is 65.9 Å². The van der Waals surface area contributed by atoms with E-state index in [0.717, 1.165) is 39.5 Å². The lowest BCUT2D eigenvalue weighted by Gasteiger charge is -2.24. The van der Waals surface area contributed by atoms with Gasteiger partial charge in [-0.15, -0.1) is 0 Å². The molecule has 0 saturated heterocycles. The number of nitrogens with zero attached hydrogens (tertiary/aromatic N) is 4. The smallest absolute Gasteiger partial charge is 0.160 e. The van der Waals surface area contributed by atoms with Crippen molar-refractivity contribution in [3.8, 4) is 56.4 Å². The molecule has 1 aliphatic carbocycles. The van der Waals surface area contributed by atoms with E-state index in [-0.39, 0.29) is 5.41 Å². The molecule has 278 valence electrons. The monoisotopic (exact) mass is 754 g/mol. The highest BCUT2D eigenvalue weighted by Crippen LogP contribution is 2.58. The van der Waals surface area contributed by atoms with Crippen molar-refractivity contribution in [1.82, 2.24) is 19.1 Å². The third-order valence-electron chi connectivity index (χ3n) is 12.5. The van der Waals surface area contributed by atoms with Crippen molar-refractivity contribution in [3.63, 3.8) is 0 Å². The number of hydrogen-bond donors (Lipinski definition) is 0. The van der Waals surface area contributed by atoms with Crippen LogP contribution < -0.4 is 0 Å². The topological polar surface area (TPSA) is 35.6 Å². The van der Waals surface area contributed by atoms with Crippen LogP contribution in [0.3, 0.4) is 0 Å². The van der Waals surface area contributed by atoms with Crippen LogP contribution in [0.25, 0.3) is 100 Å². The lowest BCUT2D eigenvalue weighted by Crippen LogP contribution is -2.16. The van der Waals surface area contributed by atoms with E-state index in [0.29, 0.717) is 5.82 Å². The van der Waals surface area contributed by atoms with Crippen LogP contribution in [0.4, 0.5) is 0 Å². The first-order chi connectivity index (χ1) is 29.1. The summed E-state index contributed by atoms with van der Waals surface area (Å²) in [6, 6.07) is 69.6. The van der Waals surface area contributed by atoms with Gasteiger partial charge < -0.3 is 9.13 Å². The van der Waals surface area contributed by atoms with Gasteiger partial charge in [0.15, 0.2) is 5.82 Å². The first-order valence-electron chi connectivity index (χ1n) is 20.3. The lowest BCUT2D eigenvalue weighted by molar-refractivity contribution is 0.664. The van der Waals surface area contributed by atoms with Crippen LogP contribution >= 0.6 is 0 Å². The molecule has 0 bridgehead atoms. The second-order valence-corrected chi connectivity index (χ2v) is 16.1. The van der Waals surface area contributed by atoms with Crippen molar-refractivity contribution >= 4 is 43.6 Å². The largest absolute Gasteiger partial charge is 0.309 e. The molecule has 0 spiro atoms. The lowest BCUT2D eigenvalue weighted by atomic mass is 9.81. The van der Waals surface area contributed by atoms with E-state index in [2.05, 4.69) is 193 Å². The van der Waals surface area contributed by atoms with Gasteiger partial charge in [-0.1, -0.05) is 166 Å². The highest BCUT2D eigenvalue weighted by atomic mass is 15.0. The van der Waals surface area contributed by atoms with E-state index < -0.39 is 0 Å². The maximum atomic E-state index is 5.15. The van der Waals surface area contributed by atoms with Gasteiger partial charge in [0.2, 0.25) is 0 Å². The van der Waals surface area contributed by atoms with Crippen molar-refractivity contribution in [3.05, 3.63) is 205 Å². The second-order valence-electron chi connectivity index (χ2n) is 16.1. The van der Waals surface area contributed by atoms with Crippen molar-refractivity contribution in [2.75, 3.05) is 0 Å². The molecule has 1 aliphatic rings. The zero-order chi connectivity index (χ0) is 39.2. The predicted octanol–water partition coefficient (Wildman–Crippen LogP) is 14.0. The van der Waals surface area contributed by atoms with Crippen molar-refractivity contribution in [1.29, 1.82) is 0 Å². The number of benzene rings is 8. The van der Waals surface area contributed by atoms with Crippen molar-refractivity contribution < 1.29 is 0 Å². The zero-order valence-corrected chi connectivity index (χ0v) is 32.8. The van der Waals surface area contributed by atoms with Gasteiger partial charge >= 0.3 is 0 Å². The summed E-state index contributed by atoms with van der Waals surface area (Å²) in [7, 11) is 0. The number of hydrogen-bond acceptors (Lipinski definition) is 2. The minimum Gasteiger partial charge on any atom is -0.309 e. The zero-order valence-electron chi connectivity index (χ0n) is 32.8. The van der Waals surface area contributed by atoms with Gasteiger partial charge in [-0.3, -0.25) is 0 Å². The van der Waals surface area contributed by atoms with E-state index in [1.807, 2.05) is 24.3 Å². The molecule has 11 aromatic rings. The van der Waals surface area contributed by atoms with Gasteiger partial charge in [0.25, 0.3) is 0 Å². The second kappa shape index (κ2) is 12.7. The molecule has 12 rings (SSSR count). The Hall–Kier alpha value is -7.56. The molecule has 4 heteroatoms. The third kappa shape index (κ3) is 4.90. The molecule has 0 amide bonds. The predicted molar refractivity (Wildman–Crippen MR) is 245 cm³/mol. The fraction of sp³-hybridized carbons (Fsp3) is 0.0545. The van der Waals surface area contributed by atoms with Crippen LogP contribution in [0, 0.1) is 0 Å². The molecule has 0 aliphatic heterocycles. The Morgan fingerprint density at radius 1 is 0.424 bits per heavy atom. The normalized spacial score (nSPS) is 13.1. The summed E-state index contributed by atoms with van der Waals surface area (Å²) in [5, 5.41) is 5.09. The molecule has 0 atom stereocenters. The summed E-state index contributed by atoms with van der Waals surface area (Å²) in [6.45, 7) is 4.82. The van der Waals surface area contributed by atoms with E-state index >= 15 is 0 Å². The maximum absolute atomic E-state index is 5.15. The first kappa shape index (κ1) is 33.6. The quantitative estimate of drug-likeness (QED) is 0.175. The number of rotatable bonds is 5. The Kier molecular flexibility index (Phi) is 7.24. The van der Waals surface area contributed by atoms with Crippen LogP contribution in [-0.4, -0.2) is 19.1 Å². The molecule has 0 N–H and O–H groups in total. The highest BCUT2D eigenvalue weighted by Gasteiger charge is 2.41. The molecular formula is C55H38N4. The van der Waals surface area contributed by atoms with Crippen LogP contribution in [0.1, 0.15) is 25.0 Å². The Balaban J connectivity index is 1.16. The van der Waals surface area contributed by atoms with Gasteiger partial charge in [0.05, 0.1) is 33.5 Å². The third-order valence-corrected chi connectivity index (χ3v) is 12.5. The maximum Gasteiger partial charge on any atom is 0.160 e. The van der Waals surface area contributed by atoms with Gasteiger partial charge in [-0.25, -0.2) is 9.97 Å². The van der Waals surface area contributed by atoms with Crippen molar-refractivity contribution in [2.24, 2.45) is 0 Å². The molecule has 59 heavy (non-hydrogen) atoms. The Morgan fingerprint density at radius 3 is 1.54 bits per heavy atom. The van der Waals surface area contributed by atoms with Gasteiger partial charge in [-0.05, 0) is 59.2 Å². The van der Waals surface area contributed by atoms with Crippen LogP contribution in [-0.2, 0) is 5.41 Å². The van der Waals surface area contributed by atoms with E-state index in [4.69, 9.17) is 9.97 Å². The minimum absolute atomic E-state index is 0.273. The highest BCUT2D eigenvalue weighted by molar-refractivity contribution is 6.33. The molecule has 0 fully saturated rings. The Bertz CT molecular complexity index is 3370. The van der Waals surface area contributed by atoms with Gasteiger partial charge in [0.1, 0.15) is 0 Å². The van der Waals surface area contributed by atoms with Crippen molar-refractivity contribution in [2.45, 2.75) is 19.3 Å². The number of fused-ring (bicyclic) bond motifs is 12. The van der Waals surface area contributed by atoms with Crippen LogP contribution in [0.2, 0.25) is 0 Å².